The molecule has 92 valence electrons. The van der Waals surface area contributed by atoms with Crippen molar-refractivity contribution in [3.63, 3.8) is 0 Å². The second-order valence-corrected chi connectivity index (χ2v) is 4.25. The highest BCUT2D eigenvalue weighted by Gasteiger charge is 2.18. The van der Waals surface area contributed by atoms with Crippen LogP contribution in [0.1, 0.15) is 5.56 Å². The van der Waals surface area contributed by atoms with Crippen LogP contribution in [0.2, 0.25) is 0 Å². The number of ether oxygens (including phenoxy) is 1. The molecule has 0 radical (unpaired) electrons. The van der Waals surface area contributed by atoms with Crippen molar-refractivity contribution in [2.24, 2.45) is 0 Å². The minimum atomic E-state index is -0.0196. The van der Waals surface area contributed by atoms with Crippen molar-refractivity contribution in [1.82, 2.24) is 4.90 Å². The van der Waals surface area contributed by atoms with Crippen molar-refractivity contribution in [3.8, 4) is 0 Å². The molecule has 0 aromatic heterocycles. The normalized spacial score (nSPS) is 22.1. The van der Waals surface area contributed by atoms with Gasteiger partial charge in [-0.2, -0.15) is 0 Å². The first-order valence-corrected chi connectivity index (χ1v) is 6.05. The van der Waals surface area contributed by atoms with Gasteiger partial charge in [-0.25, -0.2) is 0 Å². The van der Waals surface area contributed by atoms with Gasteiger partial charge >= 0.3 is 0 Å². The second kappa shape index (κ2) is 6.55. The van der Waals surface area contributed by atoms with Crippen LogP contribution in [0.15, 0.2) is 36.4 Å². The number of morpholine rings is 1. The van der Waals surface area contributed by atoms with Crippen LogP contribution in [0.3, 0.4) is 0 Å². The maximum atomic E-state index is 9.04. The van der Waals surface area contributed by atoms with E-state index < -0.39 is 0 Å². The Hall–Kier alpha value is -1.16. The molecule has 1 unspecified atom stereocenters. The molecule has 17 heavy (non-hydrogen) atoms. The van der Waals surface area contributed by atoms with Crippen molar-refractivity contribution in [3.05, 3.63) is 42.0 Å². The molecular weight excluding hydrogens is 214 g/mol. The van der Waals surface area contributed by atoms with Gasteiger partial charge in [0, 0.05) is 19.6 Å². The Balaban J connectivity index is 1.80. The number of aliphatic hydroxyl groups excluding tert-OH is 1. The summed E-state index contributed by atoms with van der Waals surface area (Å²) in [6.45, 7) is 3.49. The van der Waals surface area contributed by atoms with Crippen LogP contribution >= 0.6 is 0 Å². The predicted molar refractivity (Wildman–Crippen MR) is 68.7 cm³/mol. The van der Waals surface area contributed by atoms with Crippen LogP contribution in [-0.2, 0) is 4.74 Å². The van der Waals surface area contributed by atoms with E-state index in [1.54, 1.807) is 0 Å². The quantitative estimate of drug-likeness (QED) is 0.853. The number of hydrogen-bond acceptors (Lipinski definition) is 3. The molecule has 2 rings (SSSR count). The Bertz CT molecular complexity index is 350. The van der Waals surface area contributed by atoms with Crippen molar-refractivity contribution in [2.45, 2.75) is 6.10 Å². The zero-order valence-electron chi connectivity index (χ0n) is 9.96. The average molecular weight is 233 g/mol. The SMILES string of the molecule is OCC1CN(C/C=C/c2ccccc2)CCO1. The van der Waals surface area contributed by atoms with Crippen LogP contribution in [0, 0.1) is 0 Å². The van der Waals surface area contributed by atoms with E-state index in [4.69, 9.17) is 9.84 Å². The maximum Gasteiger partial charge on any atom is 0.0932 e. The molecule has 1 saturated heterocycles. The van der Waals surface area contributed by atoms with Crippen molar-refractivity contribution < 1.29 is 9.84 Å². The maximum absolute atomic E-state index is 9.04. The van der Waals surface area contributed by atoms with Crippen molar-refractivity contribution in [1.29, 1.82) is 0 Å². The molecule has 1 N–H and O–H groups in total. The smallest absolute Gasteiger partial charge is 0.0932 e. The Morgan fingerprint density at radius 2 is 2.18 bits per heavy atom. The highest BCUT2D eigenvalue weighted by molar-refractivity contribution is 5.48. The molecule has 3 nitrogen and oxygen atoms in total. The molecule has 1 fully saturated rings. The molecule has 3 heteroatoms. The van der Waals surface area contributed by atoms with Gasteiger partial charge in [-0.3, -0.25) is 4.90 Å². The minimum Gasteiger partial charge on any atom is -0.394 e. The average Bonchev–Trinajstić information content (AvgIpc) is 2.40. The van der Waals surface area contributed by atoms with E-state index in [9.17, 15) is 0 Å². The van der Waals surface area contributed by atoms with Gasteiger partial charge in [-0.05, 0) is 5.56 Å². The standard InChI is InChI=1S/C14H19NO2/c16-12-14-11-15(9-10-17-14)8-4-7-13-5-2-1-3-6-13/h1-7,14,16H,8-12H2/b7-4+. The van der Waals surface area contributed by atoms with Gasteiger partial charge in [0.2, 0.25) is 0 Å². The van der Waals surface area contributed by atoms with Crippen LogP contribution in [0.4, 0.5) is 0 Å². The van der Waals surface area contributed by atoms with Crippen LogP contribution in [0.5, 0.6) is 0 Å². The molecule has 0 amide bonds. The molecule has 1 atom stereocenters. The van der Waals surface area contributed by atoms with E-state index >= 15 is 0 Å². The summed E-state index contributed by atoms with van der Waals surface area (Å²) in [4.78, 5) is 2.30. The topological polar surface area (TPSA) is 32.7 Å². The monoisotopic (exact) mass is 233 g/mol. The second-order valence-electron chi connectivity index (χ2n) is 4.25. The number of aliphatic hydroxyl groups is 1. The van der Waals surface area contributed by atoms with E-state index in [2.05, 4.69) is 29.2 Å². The predicted octanol–water partition coefficient (Wildman–Crippen LogP) is 1.39. The first-order valence-electron chi connectivity index (χ1n) is 6.05. The van der Waals surface area contributed by atoms with Gasteiger partial charge in [0.25, 0.3) is 0 Å². The highest BCUT2D eigenvalue weighted by Crippen LogP contribution is 2.06. The Morgan fingerprint density at radius 1 is 1.35 bits per heavy atom. The molecule has 1 aromatic carbocycles. The fourth-order valence-corrected chi connectivity index (χ4v) is 1.96. The summed E-state index contributed by atoms with van der Waals surface area (Å²) in [6.07, 6.45) is 4.27. The third kappa shape index (κ3) is 3.97. The molecule has 0 aliphatic carbocycles. The van der Waals surface area contributed by atoms with E-state index in [-0.39, 0.29) is 12.7 Å². The van der Waals surface area contributed by atoms with Gasteiger partial charge in [0.05, 0.1) is 19.3 Å². The zero-order valence-corrected chi connectivity index (χ0v) is 9.96. The molecule has 0 spiro atoms. The highest BCUT2D eigenvalue weighted by atomic mass is 16.5. The van der Waals surface area contributed by atoms with Gasteiger partial charge in [0.15, 0.2) is 0 Å². The lowest BCUT2D eigenvalue weighted by molar-refractivity contribution is -0.0494. The minimum absolute atomic E-state index is 0.0196. The van der Waals surface area contributed by atoms with Crippen LogP contribution in [0.25, 0.3) is 6.08 Å². The summed E-state index contributed by atoms with van der Waals surface area (Å²) in [6, 6.07) is 10.3. The molecule has 0 saturated carbocycles. The lowest BCUT2D eigenvalue weighted by atomic mass is 10.2. The van der Waals surface area contributed by atoms with E-state index in [0.717, 1.165) is 19.6 Å². The van der Waals surface area contributed by atoms with E-state index in [1.807, 2.05) is 18.2 Å². The first kappa shape index (κ1) is 12.3. The summed E-state index contributed by atoms with van der Waals surface area (Å²) in [5.74, 6) is 0. The Morgan fingerprint density at radius 3 is 2.94 bits per heavy atom. The largest absolute Gasteiger partial charge is 0.394 e. The summed E-state index contributed by atoms with van der Waals surface area (Å²) in [7, 11) is 0. The van der Waals surface area contributed by atoms with Crippen LogP contribution in [-0.4, -0.2) is 49.0 Å². The van der Waals surface area contributed by atoms with Gasteiger partial charge in [0.1, 0.15) is 0 Å². The fraction of sp³-hybridized carbons (Fsp3) is 0.429. The Labute approximate surface area is 102 Å². The number of rotatable bonds is 4. The molecule has 0 bridgehead atoms. The van der Waals surface area contributed by atoms with Gasteiger partial charge in [-0.15, -0.1) is 0 Å². The zero-order chi connectivity index (χ0) is 11.9. The number of nitrogens with zero attached hydrogens (tertiary/aromatic N) is 1. The third-order valence-corrected chi connectivity index (χ3v) is 2.90. The van der Waals surface area contributed by atoms with Crippen molar-refractivity contribution >= 4 is 6.08 Å². The van der Waals surface area contributed by atoms with Crippen LogP contribution < -0.4 is 0 Å². The molecule has 1 aliphatic heterocycles. The molecule has 1 aromatic rings. The van der Waals surface area contributed by atoms with E-state index in [0.29, 0.717) is 6.61 Å². The molecule has 1 aliphatic rings. The molecular formula is C14H19NO2. The fourth-order valence-electron chi connectivity index (χ4n) is 1.96. The summed E-state index contributed by atoms with van der Waals surface area (Å²) >= 11 is 0. The number of benzene rings is 1. The summed E-state index contributed by atoms with van der Waals surface area (Å²) in [5, 5.41) is 9.04. The Kier molecular flexibility index (Phi) is 4.74. The lowest BCUT2D eigenvalue weighted by Crippen LogP contribution is -2.43. The molecule has 1 heterocycles. The van der Waals surface area contributed by atoms with Crippen molar-refractivity contribution in [2.75, 3.05) is 32.8 Å². The summed E-state index contributed by atoms with van der Waals surface area (Å²) in [5.41, 5.74) is 1.22. The van der Waals surface area contributed by atoms with Gasteiger partial charge < -0.3 is 9.84 Å². The third-order valence-electron chi connectivity index (χ3n) is 2.90. The summed E-state index contributed by atoms with van der Waals surface area (Å²) < 4.78 is 5.41. The lowest BCUT2D eigenvalue weighted by Gasteiger charge is -2.31. The number of hydrogen-bond donors (Lipinski definition) is 1. The van der Waals surface area contributed by atoms with Gasteiger partial charge in [-0.1, -0.05) is 42.5 Å². The first-order chi connectivity index (χ1) is 8.38. The van der Waals surface area contributed by atoms with E-state index in [1.165, 1.54) is 5.56 Å².